The van der Waals surface area contributed by atoms with Gasteiger partial charge < -0.3 is 14.7 Å². The highest BCUT2D eigenvalue weighted by Gasteiger charge is 2.37. The summed E-state index contributed by atoms with van der Waals surface area (Å²) >= 11 is 5.82. The lowest BCUT2D eigenvalue weighted by Gasteiger charge is -2.23. The number of likely N-dealkylation sites (tertiary alicyclic amines) is 1. The molecule has 1 amide bonds. The molecule has 1 aliphatic heterocycles. The first-order valence-electron chi connectivity index (χ1n) is 5.77. The molecule has 1 N–H and O–H groups in total. The molecule has 1 saturated heterocycles. The van der Waals surface area contributed by atoms with Crippen molar-refractivity contribution in [3.63, 3.8) is 0 Å². The number of rotatable bonds is 6. The number of halogens is 1. The van der Waals surface area contributed by atoms with Crippen molar-refractivity contribution in [1.82, 2.24) is 4.90 Å². The molecule has 1 aliphatic rings. The summed E-state index contributed by atoms with van der Waals surface area (Å²) in [6, 6.07) is -1.01. The van der Waals surface area contributed by atoms with Crippen LogP contribution in [0, 0.1) is 0 Å². The molecule has 0 radical (unpaired) electrons. The molecule has 1 heterocycles. The van der Waals surface area contributed by atoms with Gasteiger partial charge >= 0.3 is 11.9 Å². The van der Waals surface area contributed by atoms with Gasteiger partial charge in [0.25, 0.3) is 0 Å². The van der Waals surface area contributed by atoms with Crippen LogP contribution in [0.15, 0.2) is 0 Å². The highest BCUT2D eigenvalue weighted by atomic mass is 35.5. The van der Waals surface area contributed by atoms with Gasteiger partial charge in [-0.1, -0.05) is 0 Å². The maximum Gasteiger partial charge on any atom is 0.326 e. The van der Waals surface area contributed by atoms with Crippen molar-refractivity contribution in [3.8, 4) is 0 Å². The minimum absolute atomic E-state index is 0.0263. The molecule has 2 atom stereocenters. The number of nitrogens with zero attached hydrogens (tertiary/aromatic N) is 1. The molecule has 7 heteroatoms. The minimum atomic E-state index is -1.13. The van der Waals surface area contributed by atoms with E-state index in [0.29, 0.717) is 0 Å². The maximum atomic E-state index is 11.6. The van der Waals surface area contributed by atoms with Crippen molar-refractivity contribution in [2.75, 3.05) is 13.2 Å². The third-order valence-corrected chi connectivity index (χ3v) is 2.99. The van der Waals surface area contributed by atoms with Crippen molar-refractivity contribution in [2.45, 2.75) is 37.6 Å². The lowest BCUT2D eigenvalue weighted by atomic mass is 10.1. The smallest absolute Gasteiger partial charge is 0.326 e. The largest absolute Gasteiger partial charge is 0.480 e. The van der Waals surface area contributed by atoms with E-state index in [-0.39, 0.29) is 43.7 Å². The Hall–Kier alpha value is -1.30. The Morgan fingerprint density at radius 3 is 2.72 bits per heavy atom. The van der Waals surface area contributed by atoms with E-state index < -0.39 is 18.0 Å². The Bertz CT molecular complexity index is 346. The Morgan fingerprint density at radius 2 is 2.28 bits per heavy atom. The van der Waals surface area contributed by atoms with Gasteiger partial charge in [0.15, 0.2) is 0 Å². The highest BCUT2D eigenvalue weighted by molar-refractivity contribution is 6.22. The SMILES string of the molecule is CCOC(=O)CC[C@@H](C(=O)O)N1CC(Cl)CC1=O. The quantitative estimate of drug-likeness (QED) is 0.568. The number of carboxylic acids is 1. The average Bonchev–Trinajstić information content (AvgIpc) is 2.58. The van der Waals surface area contributed by atoms with Crippen LogP contribution in [0.2, 0.25) is 0 Å². The van der Waals surface area contributed by atoms with Gasteiger partial charge in [-0.25, -0.2) is 4.79 Å². The van der Waals surface area contributed by atoms with Crippen LogP contribution in [0.4, 0.5) is 0 Å². The van der Waals surface area contributed by atoms with Gasteiger partial charge in [0, 0.05) is 19.4 Å². The Balaban J connectivity index is 2.58. The second kappa shape index (κ2) is 6.58. The molecule has 18 heavy (non-hydrogen) atoms. The molecule has 1 rings (SSSR count). The molecule has 0 bridgehead atoms. The molecule has 0 spiro atoms. The van der Waals surface area contributed by atoms with Crippen LogP contribution in [-0.2, 0) is 19.1 Å². The Labute approximate surface area is 110 Å². The van der Waals surface area contributed by atoms with Crippen molar-refractivity contribution < 1.29 is 24.2 Å². The second-order valence-electron chi connectivity index (χ2n) is 4.05. The summed E-state index contributed by atoms with van der Waals surface area (Å²) in [5, 5.41) is 8.73. The molecule has 1 unspecified atom stereocenters. The summed E-state index contributed by atoms with van der Waals surface area (Å²) in [5.41, 5.74) is 0. The van der Waals surface area contributed by atoms with E-state index in [9.17, 15) is 14.4 Å². The standard InChI is InChI=1S/C11H16ClNO5/c1-2-18-10(15)4-3-8(11(16)17)13-6-7(12)5-9(13)14/h7-8H,2-6H2,1H3,(H,16,17)/t7?,8-/m0/s1. The van der Waals surface area contributed by atoms with E-state index in [1.807, 2.05) is 0 Å². The monoisotopic (exact) mass is 277 g/mol. The first-order valence-corrected chi connectivity index (χ1v) is 6.21. The average molecular weight is 278 g/mol. The molecular formula is C11H16ClNO5. The topological polar surface area (TPSA) is 83.9 Å². The predicted molar refractivity (Wildman–Crippen MR) is 63.3 cm³/mol. The molecule has 0 aromatic heterocycles. The second-order valence-corrected chi connectivity index (χ2v) is 4.66. The van der Waals surface area contributed by atoms with Crippen LogP contribution in [0.3, 0.4) is 0 Å². The molecule has 102 valence electrons. The van der Waals surface area contributed by atoms with Crippen molar-refractivity contribution >= 4 is 29.4 Å². The van der Waals surface area contributed by atoms with Gasteiger partial charge in [-0.05, 0) is 13.3 Å². The van der Waals surface area contributed by atoms with Crippen molar-refractivity contribution in [2.24, 2.45) is 0 Å². The number of carbonyl (C=O) groups is 3. The number of esters is 1. The van der Waals surface area contributed by atoms with Gasteiger partial charge in [-0.3, -0.25) is 9.59 Å². The number of carboxylic acid groups (broad SMARTS) is 1. The molecule has 0 saturated carbocycles. The van der Waals surface area contributed by atoms with Crippen LogP contribution in [0.25, 0.3) is 0 Å². The van der Waals surface area contributed by atoms with E-state index in [0.717, 1.165) is 0 Å². The first kappa shape index (κ1) is 14.8. The van der Waals surface area contributed by atoms with Gasteiger partial charge in [-0.2, -0.15) is 0 Å². The summed E-state index contributed by atoms with van der Waals surface area (Å²) in [5.74, 6) is -1.87. The number of alkyl halides is 1. The van der Waals surface area contributed by atoms with Gasteiger partial charge in [0.1, 0.15) is 6.04 Å². The Kier molecular flexibility index (Phi) is 5.40. The zero-order valence-electron chi connectivity index (χ0n) is 10.1. The normalized spacial score (nSPS) is 20.9. The third-order valence-electron chi connectivity index (χ3n) is 2.70. The van der Waals surface area contributed by atoms with Gasteiger partial charge in [0.2, 0.25) is 5.91 Å². The summed E-state index contributed by atoms with van der Waals surface area (Å²) in [7, 11) is 0. The Morgan fingerprint density at radius 1 is 1.61 bits per heavy atom. The zero-order valence-corrected chi connectivity index (χ0v) is 10.9. The van der Waals surface area contributed by atoms with E-state index in [2.05, 4.69) is 0 Å². The minimum Gasteiger partial charge on any atom is -0.480 e. The van der Waals surface area contributed by atoms with Gasteiger partial charge in [0.05, 0.1) is 12.0 Å². The van der Waals surface area contributed by atoms with Crippen LogP contribution < -0.4 is 0 Å². The van der Waals surface area contributed by atoms with Crippen LogP contribution >= 0.6 is 11.6 Å². The van der Waals surface area contributed by atoms with E-state index in [1.165, 1.54) is 4.90 Å². The summed E-state index contributed by atoms with van der Waals surface area (Å²) < 4.78 is 4.72. The fourth-order valence-electron chi connectivity index (χ4n) is 1.89. The number of carbonyl (C=O) groups excluding carboxylic acids is 2. The van der Waals surface area contributed by atoms with E-state index >= 15 is 0 Å². The first-order chi connectivity index (χ1) is 8.45. The predicted octanol–water partition coefficient (Wildman–Crippen LogP) is 0.623. The van der Waals surface area contributed by atoms with Crippen LogP contribution in [0.1, 0.15) is 26.2 Å². The maximum absolute atomic E-state index is 11.6. The lowest BCUT2D eigenvalue weighted by Crippen LogP contribution is -2.42. The van der Waals surface area contributed by atoms with Crippen molar-refractivity contribution in [1.29, 1.82) is 0 Å². The molecule has 1 fully saturated rings. The van der Waals surface area contributed by atoms with E-state index in [4.69, 9.17) is 21.4 Å². The molecular weight excluding hydrogens is 262 g/mol. The molecule has 0 aromatic rings. The number of ether oxygens (including phenoxy) is 1. The zero-order chi connectivity index (χ0) is 13.7. The number of hydrogen-bond donors (Lipinski definition) is 1. The van der Waals surface area contributed by atoms with E-state index in [1.54, 1.807) is 6.92 Å². The molecule has 0 aromatic carbocycles. The van der Waals surface area contributed by atoms with Crippen molar-refractivity contribution in [3.05, 3.63) is 0 Å². The highest BCUT2D eigenvalue weighted by Crippen LogP contribution is 2.21. The number of amides is 1. The fraction of sp³-hybridized carbons (Fsp3) is 0.727. The number of aliphatic carboxylic acids is 1. The molecule has 6 nitrogen and oxygen atoms in total. The fourth-order valence-corrected chi connectivity index (χ4v) is 2.17. The summed E-state index contributed by atoms with van der Waals surface area (Å²) in [6.07, 6.45) is 0.162. The number of hydrogen-bond acceptors (Lipinski definition) is 4. The summed E-state index contributed by atoms with van der Waals surface area (Å²) in [4.78, 5) is 35.1. The van der Waals surface area contributed by atoms with Crippen LogP contribution in [0.5, 0.6) is 0 Å². The van der Waals surface area contributed by atoms with Crippen LogP contribution in [-0.4, -0.2) is 52.4 Å². The molecule has 0 aliphatic carbocycles. The third kappa shape index (κ3) is 3.87. The lowest BCUT2D eigenvalue weighted by molar-refractivity contribution is -0.150. The van der Waals surface area contributed by atoms with Gasteiger partial charge in [-0.15, -0.1) is 11.6 Å². The summed E-state index contributed by atoms with van der Waals surface area (Å²) in [6.45, 7) is 2.14.